The minimum absolute atomic E-state index is 0.130. The molecule has 1 atom stereocenters. The SMILES string of the molecule is CN=CC=C(N)c1cc(OC)c2c(c1Cl)O[C@]1(CCC(=O)C=C1OC)C2=O. The predicted octanol–water partition coefficient (Wildman–Crippen LogP) is 2.56. The molecule has 3 rings (SSSR count). The van der Waals surface area contributed by atoms with Gasteiger partial charge < -0.3 is 19.9 Å². The van der Waals surface area contributed by atoms with E-state index in [1.807, 2.05) is 0 Å². The van der Waals surface area contributed by atoms with Crippen molar-refractivity contribution in [3.63, 3.8) is 0 Å². The Bertz CT molecular complexity index is 919. The Morgan fingerprint density at radius 2 is 2.11 bits per heavy atom. The zero-order chi connectivity index (χ0) is 19.8. The van der Waals surface area contributed by atoms with Gasteiger partial charge in [-0.2, -0.15) is 0 Å². The van der Waals surface area contributed by atoms with Gasteiger partial charge >= 0.3 is 0 Å². The number of halogens is 1. The lowest BCUT2D eigenvalue weighted by Gasteiger charge is -2.31. The molecule has 2 N–H and O–H groups in total. The van der Waals surface area contributed by atoms with Gasteiger partial charge in [0.25, 0.3) is 0 Å². The van der Waals surface area contributed by atoms with Crippen molar-refractivity contribution in [2.45, 2.75) is 18.4 Å². The summed E-state index contributed by atoms with van der Waals surface area (Å²) in [6.07, 6.45) is 4.72. The molecule has 0 saturated heterocycles. The van der Waals surface area contributed by atoms with E-state index in [9.17, 15) is 9.59 Å². The number of nitrogens with two attached hydrogens (primary N) is 1. The zero-order valence-corrected chi connectivity index (χ0v) is 15.9. The molecule has 7 nitrogen and oxygen atoms in total. The van der Waals surface area contributed by atoms with Crippen LogP contribution in [0.5, 0.6) is 11.5 Å². The number of hydrogen-bond donors (Lipinski definition) is 1. The highest BCUT2D eigenvalue weighted by Gasteiger charge is 2.56. The van der Waals surface area contributed by atoms with E-state index in [1.54, 1.807) is 19.2 Å². The Morgan fingerprint density at radius 1 is 1.37 bits per heavy atom. The number of hydrogen-bond acceptors (Lipinski definition) is 7. The third-order valence-corrected chi connectivity index (χ3v) is 5.00. The van der Waals surface area contributed by atoms with Crippen LogP contribution >= 0.6 is 11.6 Å². The minimum Gasteiger partial charge on any atom is -0.496 e. The van der Waals surface area contributed by atoms with Crippen LogP contribution in [0.3, 0.4) is 0 Å². The Hall–Kier alpha value is -2.80. The minimum atomic E-state index is -1.43. The monoisotopic (exact) mass is 390 g/mol. The van der Waals surface area contributed by atoms with Gasteiger partial charge in [0, 0.05) is 43.4 Å². The predicted molar refractivity (Wildman–Crippen MR) is 102 cm³/mol. The molecule has 0 fully saturated rings. The molecule has 1 spiro atoms. The summed E-state index contributed by atoms with van der Waals surface area (Å²) in [4.78, 5) is 28.9. The van der Waals surface area contributed by atoms with E-state index in [4.69, 9.17) is 31.5 Å². The van der Waals surface area contributed by atoms with E-state index < -0.39 is 5.60 Å². The third-order valence-electron chi connectivity index (χ3n) is 4.62. The number of allylic oxidation sites excluding steroid dienone is 2. The van der Waals surface area contributed by atoms with Crippen LogP contribution in [0.25, 0.3) is 5.70 Å². The van der Waals surface area contributed by atoms with Gasteiger partial charge in [-0.05, 0) is 12.1 Å². The summed E-state index contributed by atoms with van der Waals surface area (Å²) in [5.74, 6) is 0.110. The topological polar surface area (TPSA) is 100 Å². The molecule has 142 valence electrons. The summed E-state index contributed by atoms with van der Waals surface area (Å²) in [6, 6.07) is 1.58. The summed E-state index contributed by atoms with van der Waals surface area (Å²) >= 11 is 6.52. The first-order valence-electron chi connectivity index (χ1n) is 8.21. The maximum Gasteiger partial charge on any atom is 0.228 e. The molecule has 0 saturated carbocycles. The average Bonchev–Trinajstić information content (AvgIpc) is 2.96. The van der Waals surface area contributed by atoms with E-state index in [0.717, 1.165) is 0 Å². The van der Waals surface area contributed by atoms with Gasteiger partial charge in [0.1, 0.15) is 11.3 Å². The first-order chi connectivity index (χ1) is 12.9. The third kappa shape index (κ3) is 2.88. The number of carbonyl (C=O) groups excluding carboxylic acids is 2. The summed E-state index contributed by atoms with van der Waals surface area (Å²) in [5, 5.41) is 0.182. The Morgan fingerprint density at radius 3 is 2.74 bits per heavy atom. The maximum atomic E-state index is 13.3. The van der Waals surface area contributed by atoms with Gasteiger partial charge in [-0.3, -0.25) is 14.6 Å². The van der Waals surface area contributed by atoms with Crippen molar-refractivity contribution >= 4 is 35.1 Å². The fourth-order valence-corrected chi connectivity index (χ4v) is 3.56. The van der Waals surface area contributed by atoms with Crippen LogP contribution in [-0.2, 0) is 9.53 Å². The molecule has 0 aromatic heterocycles. The van der Waals surface area contributed by atoms with Gasteiger partial charge in [-0.25, -0.2) is 0 Å². The van der Waals surface area contributed by atoms with Crippen LogP contribution in [0.15, 0.2) is 29.0 Å². The molecular weight excluding hydrogens is 372 g/mol. The standard InChI is InChI=1S/C19H19ClN2O5/c1-22-7-5-12(21)11-9-13(25-2)15-17(16(11)20)27-19(18(15)24)6-4-10(23)8-14(19)26-3/h5,7-9H,4,6,21H2,1-3H3/t19-/m0/s1. The molecule has 8 heteroatoms. The number of Topliss-reactive ketones (excluding diaryl/α,β-unsaturated/α-hetero) is 1. The van der Waals surface area contributed by atoms with E-state index in [1.165, 1.54) is 26.5 Å². The zero-order valence-electron chi connectivity index (χ0n) is 15.2. The van der Waals surface area contributed by atoms with E-state index in [-0.39, 0.29) is 52.3 Å². The fourth-order valence-electron chi connectivity index (χ4n) is 3.27. The molecule has 1 aromatic rings. The van der Waals surface area contributed by atoms with Crippen molar-refractivity contribution in [3.8, 4) is 11.5 Å². The van der Waals surface area contributed by atoms with Gasteiger partial charge in [-0.15, -0.1) is 0 Å². The van der Waals surface area contributed by atoms with Crippen LogP contribution < -0.4 is 15.2 Å². The van der Waals surface area contributed by atoms with Crippen molar-refractivity contribution < 1.29 is 23.8 Å². The van der Waals surface area contributed by atoms with E-state index in [0.29, 0.717) is 11.3 Å². The highest BCUT2D eigenvalue weighted by atomic mass is 35.5. The fraction of sp³-hybridized carbons (Fsp3) is 0.316. The molecule has 1 aromatic carbocycles. The molecule has 0 amide bonds. The van der Waals surface area contributed by atoms with Crippen LogP contribution in [-0.4, -0.2) is 44.6 Å². The lowest BCUT2D eigenvalue weighted by Crippen LogP contribution is -2.45. The van der Waals surface area contributed by atoms with E-state index in [2.05, 4.69) is 4.99 Å². The highest BCUT2D eigenvalue weighted by Crippen LogP contribution is 2.51. The summed E-state index contributed by atoms with van der Waals surface area (Å²) in [7, 11) is 4.44. The second kappa shape index (κ2) is 7.08. The molecule has 0 radical (unpaired) electrons. The smallest absolute Gasteiger partial charge is 0.228 e. The van der Waals surface area contributed by atoms with Crippen molar-refractivity contribution in [2.24, 2.45) is 10.7 Å². The molecule has 0 bridgehead atoms. The Labute approximate surface area is 161 Å². The summed E-state index contributed by atoms with van der Waals surface area (Å²) < 4.78 is 16.7. The van der Waals surface area contributed by atoms with Gasteiger partial charge in [0.05, 0.1) is 19.2 Å². The first kappa shape index (κ1) is 19.0. The van der Waals surface area contributed by atoms with Gasteiger partial charge in [0.2, 0.25) is 11.4 Å². The van der Waals surface area contributed by atoms with Gasteiger partial charge in [-0.1, -0.05) is 11.6 Å². The van der Waals surface area contributed by atoms with Crippen molar-refractivity contribution in [3.05, 3.63) is 40.1 Å². The molecule has 1 heterocycles. The maximum absolute atomic E-state index is 13.3. The number of methoxy groups -OCH3 is 2. The largest absolute Gasteiger partial charge is 0.496 e. The number of nitrogens with zero attached hydrogens (tertiary/aromatic N) is 1. The second-order valence-electron chi connectivity index (χ2n) is 6.11. The molecule has 2 aliphatic rings. The van der Waals surface area contributed by atoms with Crippen molar-refractivity contribution in [2.75, 3.05) is 21.3 Å². The lowest BCUT2D eigenvalue weighted by molar-refractivity contribution is -0.116. The molecule has 1 aliphatic carbocycles. The number of carbonyl (C=O) groups is 2. The normalized spacial score (nSPS) is 22.1. The molecule has 27 heavy (non-hydrogen) atoms. The first-order valence-corrected chi connectivity index (χ1v) is 8.59. The second-order valence-corrected chi connectivity index (χ2v) is 6.49. The number of aliphatic imine (C=N–C) groups is 1. The van der Waals surface area contributed by atoms with Crippen LogP contribution in [0.1, 0.15) is 28.8 Å². The van der Waals surface area contributed by atoms with Crippen LogP contribution in [0.2, 0.25) is 5.02 Å². The average molecular weight is 391 g/mol. The lowest BCUT2D eigenvalue weighted by atomic mass is 9.83. The summed E-state index contributed by atoms with van der Waals surface area (Å²) in [5.41, 5.74) is 5.66. The Kier molecular flexibility index (Phi) is 4.97. The summed E-state index contributed by atoms with van der Waals surface area (Å²) in [6.45, 7) is 0. The van der Waals surface area contributed by atoms with Crippen LogP contribution in [0.4, 0.5) is 0 Å². The number of ketones is 2. The molecule has 1 aliphatic heterocycles. The number of rotatable bonds is 4. The van der Waals surface area contributed by atoms with Gasteiger partial charge in [0.15, 0.2) is 17.3 Å². The Balaban J connectivity index is 2.20. The van der Waals surface area contributed by atoms with Crippen LogP contribution in [0, 0.1) is 0 Å². The quantitative estimate of drug-likeness (QED) is 0.793. The number of benzene rings is 1. The van der Waals surface area contributed by atoms with E-state index >= 15 is 0 Å². The molecular formula is C19H19ClN2O5. The number of ether oxygens (including phenoxy) is 3. The molecule has 0 unspecified atom stereocenters. The highest BCUT2D eigenvalue weighted by molar-refractivity contribution is 6.35. The van der Waals surface area contributed by atoms with Crippen molar-refractivity contribution in [1.82, 2.24) is 0 Å². The number of fused-ring (bicyclic) bond motifs is 1. The van der Waals surface area contributed by atoms with Crippen molar-refractivity contribution in [1.29, 1.82) is 0 Å².